The summed E-state index contributed by atoms with van der Waals surface area (Å²) in [5.41, 5.74) is 1.24. The number of fused-ring (bicyclic) bond motifs is 1. The van der Waals surface area contributed by atoms with Crippen LogP contribution in [-0.4, -0.2) is 28.0 Å². The molecular formula is C16H19ClN2O3. The Morgan fingerprint density at radius 1 is 1.32 bits per heavy atom. The number of H-pyrrole nitrogens is 1. The van der Waals surface area contributed by atoms with Crippen molar-refractivity contribution in [1.82, 2.24) is 10.3 Å². The highest BCUT2D eigenvalue weighted by Crippen LogP contribution is 2.19. The molecular weight excluding hydrogens is 304 g/mol. The summed E-state index contributed by atoms with van der Waals surface area (Å²) >= 11 is 5.61. The number of halogens is 1. The van der Waals surface area contributed by atoms with Crippen molar-refractivity contribution < 1.29 is 14.3 Å². The van der Waals surface area contributed by atoms with Gasteiger partial charge in [0, 0.05) is 23.5 Å². The fourth-order valence-corrected chi connectivity index (χ4v) is 2.29. The minimum atomic E-state index is -0.837. The molecule has 0 aliphatic heterocycles. The van der Waals surface area contributed by atoms with Gasteiger partial charge in [-0.2, -0.15) is 0 Å². The van der Waals surface area contributed by atoms with Crippen LogP contribution in [0.2, 0.25) is 0 Å². The van der Waals surface area contributed by atoms with Crippen LogP contribution in [0, 0.1) is 0 Å². The van der Waals surface area contributed by atoms with E-state index >= 15 is 0 Å². The largest absolute Gasteiger partial charge is 0.444 e. The third-order valence-corrected chi connectivity index (χ3v) is 3.33. The van der Waals surface area contributed by atoms with E-state index in [1.807, 2.05) is 30.5 Å². The first-order valence-electron chi connectivity index (χ1n) is 7.00. The number of aromatic nitrogens is 1. The molecule has 0 radical (unpaired) electrons. The molecule has 1 atom stereocenters. The standard InChI is InChI=1S/C16H19ClN2O3/c1-16(2,3)22-15(21)19-13(14(17)20)8-10-9-18-12-7-5-4-6-11(10)12/h4-7,9,13,18H,8H2,1-3H3,(H,19,21)/t13-/m0/s1. The maximum absolute atomic E-state index is 11.8. The Morgan fingerprint density at radius 3 is 2.64 bits per heavy atom. The Bertz CT molecular complexity index is 688. The second kappa shape index (κ2) is 6.40. The molecule has 2 rings (SSSR count). The van der Waals surface area contributed by atoms with E-state index in [-0.39, 0.29) is 0 Å². The molecule has 0 aliphatic carbocycles. The molecule has 22 heavy (non-hydrogen) atoms. The van der Waals surface area contributed by atoms with E-state index in [9.17, 15) is 9.59 Å². The molecule has 2 aromatic rings. The quantitative estimate of drug-likeness (QED) is 0.848. The van der Waals surface area contributed by atoms with E-state index in [1.54, 1.807) is 20.8 Å². The number of amides is 1. The fourth-order valence-electron chi connectivity index (χ4n) is 2.16. The second-order valence-electron chi connectivity index (χ2n) is 6.07. The SMILES string of the molecule is CC(C)(C)OC(=O)N[C@@H](Cc1c[nH]c2ccccc12)C(=O)Cl. The summed E-state index contributed by atoms with van der Waals surface area (Å²) < 4.78 is 5.16. The van der Waals surface area contributed by atoms with Crippen molar-refractivity contribution in [3.05, 3.63) is 36.0 Å². The third-order valence-electron chi connectivity index (χ3n) is 3.06. The highest BCUT2D eigenvalue weighted by Gasteiger charge is 2.24. The Kier molecular flexibility index (Phi) is 4.76. The summed E-state index contributed by atoms with van der Waals surface area (Å²) in [5, 5.41) is 2.89. The molecule has 0 saturated heterocycles. The molecule has 0 unspecified atom stereocenters. The molecule has 1 heterocycles. The van der Waals surface area contributed by atoms with Crippen molar-refractivity contribution >= 4 is 33.8 Å². The second-order valence-corrected chi connectivity index (χ2v) is 6.44. The van der Waals surface area contributed by atoms with Gasteiger partial charge in [-0.25, -0.2) is 4.79 Å². The zero-order chi connectivity index (χ0) is 16.3. The molecule has 118 valence electrons. The molecule has 1 aromatic carbocycles. The number of ether oxygens (including phenoxy) is 1. The average molecular weight is 323 g/mol. The lowest BCUT2D eigenvalue weighted by Crippen LogP contribution is -2.43. The van der Waals surface area contributed by atoms with Gasteiger partial charge in [0.2, 0.25) is 5.24 Å². The van der Waals surface area contributed by atoms with Crippen molar-refractivity contribution in [2.24, 2.45) is 0 Å². The summed E-state index contributed by atoms with van der Waals surface area (Å²) in [5.74, 6) is 0. The van der Waals surface area contributed by atoms with Crippen molar-refractivity contribution in [2.75, 3.05) is 0 Å². The minimum absolute atomic E-state index is 0.297. The van der Waals surface area contributed by atoms with Crippen LogP contribution in [0.3, 0.4) is 0 Å². The number of nitrogens with one attached hydrogen (secondary N) is 2. The van der Waals surface area contributed by atoms with Gasteiger partial charge in [0.25, 0.3) is 0 Å². The first kappa shape index (κ1) is 16.4. The molecule has 0 bridgehead atoms. The zero-order valence-electron chi connectivity index (χ0n) is 12.8. The number of hydrogen-bond donors (Lipinski definition) is 2. The Hall–Kier alpha value is -2.01. The van der Waals surface area contributed by atoms with Crippen LogP contribution in [0.5, 0.6) is 0 Å². The number of rotatable bonds is 4. The van der Waals surface area contributed by atoms with Crippen molar-refractivity contribution in [1.29, 1.82) is 0 Å². The lowest BCUT2D eigenvalue weighted by molar-refractivity contribution is -0.113. The summed E-state index contributed by atoms with van der Waals surface area (Å²) in [6.07, 6.45) is 1.45. The molecule has 0 saturated carbocycles. The van der Waals surface area contributed by atoms with Crippen LogP contribution in [0.1, 0.15) is 26.3 Å². The Labute approximate surface area is 134 Å². The number of benzene rings is 1. The van der Waals surface area contributed by atoms with Gasteiger partial charge in [0.15, 0.2) is 0 Å². The lowest BCUT2D eigenvalue weighted by Gasteiger charge is -2.22. The number of para-hydroxylation sites is 1. The monoisotopic (exact) mass is 322 g/mol. The number of aromatic amines is 1. The summed E-state index contributed by atoms with van der Waals surface area (Å²) in [6.45, 7) is 5.26. The van der Waals surface area contributed by atoms with Gasteiger partial charge in [0.1, 0.15) is 11.6 Å². The van der Waals surface area contributed by atoms with Crippen LogP contribution >= 0.6 is 11.6 Å². The first-order valence-corrected chi connectivity index (χ1v) is 7.38. The number of carbonyl (C=O) groups excluding carboxylic acids is 2. The zero-order valence-corrected chi connectivity index (χ0v) is 13.5. The van der Waals surface area contributed by atoms with E-state index in [0.29, 0.717) is 6.42 Å². The van der Waals surface area contributed by atoms with Crippen molar-refractivity contribution in [3.8, 4) is 0 Å². The number of hydrogen-bond acceptors (Lipinski definition) is 3. The topological polar surface area (TPSA) is 71.2 Å². The highest BCUT2D eigenvalue weighted by molar-refractivity contribution is 6.64. The van der Waals surface area contributed by atoms with Crippen LogP contribution in [-0.2, 0) is 16.0 Å². The maximum atomic E-state index is 11.8. The predicted molar refractivity (Wildman–Crippen MR) is 86.0 cm³/mol. The van der Waals surface area contributed by atoms with E-state index in [4.69, 9.17) is 16.3 Å². The maximum Gasteiger partial charge on any atom is 0.408 e. The molecule has 6 heteroatoms. The molecule has 0 fully saturated rings. The molecule has 1 aromatic heterocycles. The van der Waals surface area contributed by atoms with Crippen LogP contribution in [0.15, 0.2) is 30.5 Å². The minimum Gasteiger partial charge on any atom is -0.444 e. The Balaban J connectivity index is 2.12. The van der Waals surface area contributed by atoms with Crippen LogP contribution < -0.4 is 5.32 Å². The average Bonchev–Trinajstić information content (AvgIpc) is 2.79. The molecule has 5 nitrogen and oxygen atoms in total. The number of carbonyl (C=O) groups is 2. The normalized spacial score (nSPS) is 12.9. The van der Waals surface area contributed by atoms with Gasteiger partial charge in [-0.15, -0.1) is 0 Å². The fraction of sp³-hybridized carbons (Fsp3) is 0.375. The van der Waals surface area contributed by atoms with Gasteiger partial charge < -0.3 is 15.0 Å². The lowest BCUT2D eigenvalue weighted by atomic mass is 10.1. The summed E-state index contributed by atoms with van der Waals surface area (Å²) in [4.78, 5) is 26.5. The Morgan fingerprint density at radius 2 is 2.00 bits per heavy atom. The first-order chi connectivity index (χ1) is 10.3. The van der Waals surface area contributed by atoms with Gasteiger partial charge >= 0.3 is 6.09 Å². The summed E-state index contributed by atoms with van der Waals surface area (Å²) in [7, 11) is 0. The molecule has 2 N–H and O–H groups in total. The summed E-state index contributed by atoms with van der Waals surface area (Å²) in [6, 6.07) is 6.89. The predicted octanol–water partition coefficient (Wildman–Crippen LogP) is 3.37. The van der Waals surface area contributed by atoms with Crippen molar-refractivity contribution in [2.45, 2.75) is 38.8 Å². The van der Waals surface area contributed by atoms with Gasteiger partial charge in [-0.05, 0) is 44.0 Å². The molecule has 0 spiro atoms. The van der Waals surface area contributed by atoms with Gasteiger partial charge in [-0.3, -0.25) is 4.79 Å². The third kappa shape index (κ3) is 4.24. The van der Waals surface area contributed by atoms with Crippen LogP contribution in [0.25, 0.3) is 10.9 Å². The van der Waals surface area contributed by atoms with Crippen LogP contribution in [0.4, 0.5) is 4.79 Å². The highest BCUT2D eigenvalue weighted by atomic mass is 35.5. The van der Waals surface area contributed by atoms with E-state index in [2.05, 4.69) is 10.3 Å². The van der Waals surface area contributed by atoms with Gasteiger partial charge in [-0.1, -0.05) is 18.2 Å². The van der Waals surface area contributed by atoms with Crippen molar-refractivity contribution in [3.63, 3.8) is 0 Å². The van der Waals surface area contributed by atoms with E-state index in [1.165, 1.54) is 0 Å². The van der Waals surface area contributed by atoms with E-state index < -0.39 is 23.0 Å². The van der Waals surface area contributed by atoms with Gasteiger partial charge in [0.05, 0.1) is 0 Å². The molecule has 1 amide bonds. The molecule has 0 aliphatic rings. The number of alkyl carbamates (subject to hydrolysis) is 1. The van der Waals surface area contributed by atoms with E-state index in [0.717, 1.165) is 16.5 Å². The smallest absolute Gasteiger partial charge is 0.408 e.